The van der Waals surface area contributed by atoms with Crippen molar-refractivity contribution >= 4 is 28.5 Å². The van der Waals surface area contributed by atoms with Gasteiger partial charge in [-0.2, -0.15) is 4.98 Å². The Kier molecular flexibility index (Phi) is 6.17. The molecule has 168 valence electrons. The maximum absolute atomic E-state index is 12.4. The number of anilines is 1. The third-order valence-electron chi connectivity index (χ3n) is 4.60. The zero-order valence-corrected chi connectivity index (χ0v) is 18.9. The minimum absolute atomic E-state index is 0.187. The second kappa shape index (κ2) is 9.03. The molecule has 0 radical (unpaired) electrons. The van der Waals surface area contributed by atoms with Crippen LogP contribution in [0.2, 0.25) is 0 Å². The van der Waals surface area contributed by atoms with E-state index in [9.17, 15) is 9.59 Å². The van der Waals surface area contributed by atoms with Crippen LogP contribution in [-0.2, 0) is 28.9 Å². The summed E-state index contributed by atoms with van der Waals surface area (Å²) in [7, 11) is 0. The van der Waals surface area contributed by atoms with Crippen molar-refractivity contribution in [2.24, 2.45) is 0 Å². The lowest BCUT2D eigenvalue weighted by molar-refractivity contribution is -0.116. The largest absolute Gasteiger partial charge is 0.444 e. The topological polar surface area (TPSA) is 123 Å². The van der Waals surface area contributed by atoms with Crippen molar-refractivity contribution in [1.82, 2.24) is 25.0 Å². The third kappa shape index (κ3) is 5.47. The van der Waals surface area contributed by atoms with Crippen LogP contribution in [0.5, 0.6) is 0 Å². The molecule has 1 aliphatic heterocycles. The monoisotopic (exact) mass is 456 g/mol. The lowest BCUT2D eigenvalue weighted by Crippen LogP contribution is -2.39. The Morgan fingerprint density at radius 1 is 1.25 bits per heavy atom. The first kappa shape index (κ1) is 21.9. The van der Waals surface area contributed by atoms with Crippen molar-refractivity contribution in [3.05, 3.63) is 41.0 Å². The Bertz CT molecular complexity index is 1110. The van der Waals surface area contributed by atoms with Gasteiger partial charge in [-0.05, 0) is 32.9 Å². The van der Waals surface area contributed by atoms with Gasteiger partial charge in [0.05, 0.1) is 12.2 Å². The van der Waals surface area contributed by atoms with Gasteiger partial charge in [-0.1, -0.05) is 16.5 Å². The lowest BCUT2D eigenvalue weighted by atomic mass is 10.2. The Labute approximate surface area is 189 Å². The summed E-state index contributed by atoms with van der Waals surface area (Å²) >= 11 is 1.38. The molecule has 4 rings (SSSR count). The summed E-state index contributed by atoms with van der Waals surface area (Å²) in [6.07, 6.45) is 4.10. The maximum Gasteiger partial charge on any atom is 0.410 e. The van der Waals surface area contributed by atoms with Gasteiger partial charge in [0.2, 0.25) is 17.6 Å². The number of carbonyl (C=O) groups excluding carboxylic acids is 2. The van der Waals surface area contributed by atoms with Crippen molar-refractivity contribution in [3.8, 4) is 11.4 Å². The number of pyridine rings is 1. The number of ether oxygens (including phenoxy) is 1. The van der Waals surface area contributed by atoms with Gasteiger partial charge in [0.25, 0.3) is 0 Å². The van der Waals surface area contributed by atoms with Gasteiger partial charge in [-0.3, -0.25) is 9.78 Å². The van der Waals surface area contributed by atoms with Crippen LogP contribution in [0.3, 0.4) is 0 Å². The number of aryl methyl sites for hydroxylation is 1. The summed E-state index contributed by atoms with van der Waals surface area (Å²) in [5.74, 6) is 0.659. The zero-order valence-electron chi connectivity index (χ0n) is 18.1. The molecule has 0 fully saturated rings. The Morgan fingerprint density at radius 3 is 2.78 bits per heavy atom. The fourth-order valence-corrected chi connectivity index (χ4v) is 4.15. The third-order valence-corrected chi connectivity index (χ3v) is 5.60. The molecule has 10 nitrogen and oxygen atoms in total. The highest BCUT2D eigenvalue weighted by atomic mass is 32.1. The van der Waals surface area contributed by atoms with Gasteiger partial charge in [-0.25, -0.2) is 9.78 Å². The van der Waals surface area contributed by atoms with Gasteiger partial charge in [0, 0.05) is 48.6 Å². The van der Waals surface area contributed by atoms with Gasteiger partial charge in [-0.15, -0.1) is 0 Å². The van der Waals surface area contributed by atoms with E-state index in [4.69, 9.17) is 9.26 Å². The van der Waals surface area contributed by atoms with E-state index in [2.05, 4.69) is 25.4 Å². The van der Waals surface area contributed by atoms with Crippen LogP contribution < -0.4 is 5.32 Å². The van der Waals surface area contributed by atoms with E-state index in [1.807, 2.05) is 20.8 Å². The highest BCUT2D eigenvalue weighted by Gasteiger charge is 2.28. The fraction of sp³-hybridized carbons (Fsp3) is 0.429. The first-order chi connectivity index (χ1) is 15.3. The summed E-state index contributed by atoms with van der Waals surface area (Å²) in [4.78, 5) is 40.1. The number of carbonyl (C=O) groups is 2. The highest BCUT2D eigenvalue weighted by molar-refractivity contribution is 7.15. The summed E-state index contributed by atoms with van der Waals surface area (Å²) in [6.45, 7) is 6.49. The minimum atomic E-state index is -0.540. The van der Waals surface area contributed by atoms with Crippen LogP contribution in [0.4, 0.5) is 9.93 Å². The summed E-state index contributed by atoms with van der Waals surface area (Å²) < 4.78 is 10.7. The molecule has 0 spiro atoms. The predicted octanol–water partition coefficient (Wildman–Crippen LogP) is 3.45. The van der Waals surface area contributed by atoms with E-state index in [1.54, 1.807) is 29.4 Å². The molecule has 0 saturated heterocycles. The van der Waals surface area contributed by atoms with Gasteiger partial charge >= 0.3 is 6.09 Å². The van der Waals surface area contributed by atoms with Crippen LogP contribution in [0.15, 0.2) is 29.0 Å². The molecule has 2 amide bonds. The van der Waals surface area contributed by atoms with Crippen molar-refractivity contribution < 1.29 is 18.8 Å². The zero-order chi connectivity index (χ0) is 22.7. The molecule has 0 saturated carbocycles. The molecule has 11 heteroatoms. The van der Waals surface area contributed by atoms with E-state index in [0.717, 1.165) is 16.1 Å². The molecule has 1 aliphatic rings. The predicted molar refractivity (Wildman–Crippen MR) is 117 cm³/mol. The summed E-state index contributed by atoms with van der Waals surface area (Å²) in [5, 5.41) is 7.29. The van der Waals surface area contributed by atoms with Crippen molar-refractivity contribution in [2.45, 2.75) is 52.2 Å². The average molecular weight is 457 g/mol. The number of nitrogens with zero attached hydrogens (tertiary/aromatic N) is 5. The second-order valence-electron chi connectivity index (χ2n) is 8.34. The normalized spacial score (nSPS) is 13.5. The number of nitrogens with one attached hydrogen (secondary N) is 1. The molecule has 1 N–H and O–H groups in total. The van der Waals surface area contributed by atoms with Crippen LogP contribution in [0.1, 0.15) is 43.7 Å². The minimum Gasteiger partial charge on any atom is -0.444 e. The van der Waals surface area contributed by atoms with Crippen molar-refractivity contribution in [3.63, 3.8) is 0 Å². The quantitative estimate of drug-likeness (QED) is 0.619. The van der Waals surface area contributed by atoms with Crippen LogP contribution in [0, 0.1) is 0 Å². The number of amides is 2. The Hall–Kier alpha value is -3.34. The number of rotatable bonds is 5. The van der Waals surface area contributed by atoms with E-state index in [1.165, 1.54) is 11.3 Å². The first-order valence-electron chi connectivity index (χ1n) is 10.3. The second-order valence-corrected chi connectivity index (χ2v) is 9.42. The maximum atomic E-state index is 12.4. The van der Waals surface area contributed by atoms with E-state index < -0.39 is 5.60 Å². The molecule has 3 aromatic heterocycles. The van der Waals surface area contributed by atoms with Crippen LogP contribution in [-0.4, -0.2) is 49.2 Å². The lowest BCUT2D eigenvalue weighted by Gasteiger charge is -2.29. The fourth-order valence-electron chi connectivity index (χ4n) is 3.11. The van der Waals surface area contributed by atoms with E-state index in [0.29, 0.717) is 42.8 Å². The Morgan fingerprint density at radius 2 is 2.03 bits per heavy atom. The molecule has 0 bridgehead atoms. The van der Waals surface area contributed by atoms with Crippen LogP contribution >= 0.6 is 11.3 Å². The number of thiazole rings is 1. The molecule has 0 aliphatic carbocycles. The molecule has 3 aromatic rings. The summed E-state index contributed by atoms with van der Waals surface area (Å²) in [5.41, 5.74) is 1.17. The number of hydrogen-bond donors (Lipinski definition) is 1. The van der Waals surface area contributed by atoms with Crippen molar-refractivity contribution in [2.75, 3.05) is 11.9 Å². The molecular weight excluding hydrogens is 432 g/mol. The Balaban J connectivity index is 1.30. The van der Waals surface area contributed by atoms with Gasteiger partial charge < -0.3 is 19.5 Å². The van der Waals surface area contributed by atoms with E-state index in [-0.39, 0.29) is 18.4 Å². The average Bonchev–Trinajstić information content (AvgIpc) is 3.37. The number of hydrogen-bond acceptors (Lipinski definition) is 9. The smallest absolute Gasteiger partial charge is 0.410 e. The van der Waals surface area contributed by atoms with Gasteiger partial charge in [0.1, 0.15) is 5.60 Å². The molecule has 32 heavy (non-hydrogen) atoms. The SMILES string of the molecule is CC(C)(C)OC(=O)N1CCc2nc(NC(=O)CCc3nc(-c4ccncc4)no3)sc2C1. The highest BCUT2D eigenvalue weighted by Crippen LogP contribution is 2.29. The van der Waals surface area contributed by atoms with E-state index >= 15 is 0 Å². The molecular formula is C21H24N6O4S. The molecule has 0 unspecified atom stereocenters. The molecule has 4 heterocycles. The molecule has 0 atom stereocenters. The number of aromatic nitrogens is 4. The van der Waals surface area contributed by atoms with Crippen LogP contribution in [0.25, 0.3) is 11.4 Å². The standard InChI is InChI=1S/C21H24N6O4S/c1-21(2,3)30-20(29)27-11-8-14-15(12-27)32-19(23-14)24-16(28)4-5-17-25-18(26-31-17)13-6-9-22-10-7-13/h6-7,9-10H,4-5,8,11-12H2,1-3H3,(H,23,24,28). The summed E-state index contributed by atoms with van der Waals surface area (Å²) in [6, 6.07) is 3.57. The first-order valence-corrected chi connectivity index (χ1v) is 11.1. The van der Waals surface area contributed by atoms with Gasteiger partial charge in [0.15, 0.2) is 5.13 Å². The van der Waals surface area contributed by atoms with Crippen molar-refractivity contribution in [1.29, 1.82) is 0 Å². The molecule has 0 aromatic carbocycles. The number of fused-ring (bicyclic) bond motifs is 1.